The number of carbonyl (C=O) groups excluding carboxylic acids is 5. The van der Waals surface area contributed by atoms with Crippen LogP contribution in [-0.2, 0) is 23.9 Å². The van der Waals surface area contributed by atoms with Crippen molar-refractivity contribution in [2.75, 3.05) is 68.0 Å². The first kappa shape index (κ1) is 36.3. The Balaban J connectivity index is 4.37. The molecule has 0 heterocycles. The monoisotopic (exact) mass is 631 g/mol. The predicted molar refractivity (Wildman–Crippen MR) is 153 cm³/mol. The van der Waals surface area contributed by atoms with Gasteiger partial charge in [0.2, 0.25) is 5.04 Å². The van der Waals surface area contributed by atoms with Crippen molar-refractivity contribution in [2.45, 2.75) is 13.3 Å². The lowest BCUT2D eigenvalue weighted by Gasteiger charge is -2.21. The van der Waals surface area contributed by atoms with Gasteiger partial charge in [-0.25, -0.2) is 36.4 Å². The molecule has 16 nitrogen and oxygen atoms in total. The van der Waals surface area contributed by atoms with Crippen molar-refractivity contribution < 1.29 is 43.1 Å². The van der Waals surface area contributed by atoms with Gasteiger partial charge in [-0.2, -0.15) is 0 Å². The topological polar surface area (TPSA) is 163 Å². The lowest BCUT2D eigenvalue weighted by atomic mass is 10.5. The zero-order valence-corrected chi connectivity index (χ0v) is 26.3. The molecule has 0 spiro atoms. The molecule has 39 heavy (non-hydrogen) atoms. The second kappa shape index (κ2) is 19.4. The van der Waals surface area contributed by atoms with Crippen LogP contribution in [0.4, 0.5) is 19.2 Å². The second-order valence-corrected chi connectivity index (χ2v) is 11.4. The number of rotatable bonds is 10. The molecule has 222 valence electrons. The lowest BCUT2D eigenvalue weighted by molar-refractivity contribution is -0.121. The molecule has 0 aromatic heterocycles. The van der Waals surface area contributed by atoms with Crippen molar-refractivity contribution in [1.82, 2.24) is 22.1 Å². The summed E-state index contributed by atoms with van der Waals surface area (Å²) in [6.45, 7) is 1.54. The van der Waals surface area contributed by atoms with E-state index < -0.39 is 30.3 Å². The Bertz CT molecular complexity index is 924. The van der Waals surface area contributed by atoms with Gasteiger partial charge in [-0.05, 0) is 19.4 Å². The van der Waals surface area contributed by atoms with E-state index >= 15 is 0 Å². The fourth-order valence-corrected chi connectivity index (χ4v) is 3.51. The molecule has 0 aromatic carbocycles. The van der Waals surface area contributed by atoms with Gasteiger partial charge in [-0.15, -0.1) is 23.5 Å². The van der Waals surface area contributed by atoms with Gasteiger partial charge in [-0.1, -0.05) is 10.3 Å². The summed E-state index contributed by atoms with van der Waals surface area (Å²) in [6.07, 6.45) is 0.376. The molecule has 0 saturated heterocycles. The van der Waals surface area contributed by atoms with Crippen LogP contribution >= 0.6 is 47.8 Å². The zero-order valence-electron chi connectivity index (χ0n) is 23.1. The first-order valence-electron chi connectivity index (χ1n) is 10.7. The first-order valence-corrected chi connectivity index (χ1v) is 14.6. The Labute approximate surface area is 244 Å². The smallest absolute Gasteiger partial charge is 0.447 e. The highest BCUT2D eigenvalue weighted by Gasteiger charge is 2.21. The van der Waals surface area contributed by atoms with Crippen molar-refractivity contribution >= 4 is 88.2 Å². The summed E-state index contributed by atoms with van der Waals surface area (Å²) < 4.78 is 14.3. The van der Waals surface area contributed by atoms with E-state index in [1.807, 2.05) is 0 Å². The van der Waals surface area contributed by atoms with E-state index in [0.717, 1.165) is 41.1 Å². The predicted octanol–water partition coefficient (Wildman–Crippen LogP) is 3.24. The SMILES string of the molecule is CSC(C)=NOC(=O)N(C)SN(C)C(=O)OCCCOC(=O)N(C)SN(C)C(=O)ON=C(SC)C(=O)N(C)C. The van der Waals surface area contributed by atoms with Crippen LogP contribution in [-0.4, -0.2) is 130 Å². The molecular formula is C19H33N7O9S4. The van der Waals surface area contributed by atoms with Gasteiger partial charge in [-0.3, -0.25) is 14.5 Å². The second-order valence-electron chi connectivity index (χ2n) is 7.06. The minimum Gasteiger partial charge on any atom is -0.449 e. The van der Waals surface area contributed by atoms with Crippen LogP contribution in [0.25, 0.3) is 0 Å². The summed E-state index contributed by atoms with van der Waals surface area (Å²) in [7, 11) is 8.56. The van der Waals surface area contributed by atoms with E-state index in [1.165, 1.54) is 58.9 Å². The summed E-state index contributed by atoms with van der Waals surface area (Å²) >= 11 is 3.74. The van der Waals surface area contributed by atoms with E-state index in [0.29, 0.717) is 17.2 Å². The van der Waals surface area contributed by atoms with Gasteiger partial charge in [0.1, 0.15) is 5.04 Å². The Morgan fingerprint density at radius 3 is 1.44 bits per heavy atom. The molecule has 0 N–H and O–H groups in total. The van der Waals surface area contributed by atoms with Crippen molar-refractivity contribution in [1.29, 1.82) is 0 Å². The van der Waals surface area contributed by atoms with Crippen LogP contribution < -0.4 is 0 Å². The van der Waals surface area contributed by atoms with Crippen LogP contribution in [0.5, 0.6) is 0 Å². The zero-order chi connectivity index (χ0) is 30.1. The number of oxime groups is 2. The fourth-order valence-electron chi connectivity index (χ4n) is 1.75. The van der Waals surface area contributed by atoms with Gasteiger partial charge < -0.3 is 14.4 Å². The number of hydrogen-bond donors (Lipinski definition) is 0. The largest absolute Gasteiger partial charge is 0.449 e. The summed E-state index contributed by atoms with van der Waals surface area (Å²) in [6, 6.07) is 0. The van der Waals surface area contributed by atoms with Crippen LogP contribution in [0.1, 0.15) is 13.3 Å². The van der Waals surface area contributed by atoms with Crippen molar-refractivity contribution in [3.63, 3.8) is 0 Å². The maximum atomic E-state index is 12.1. The summed E-state index contributed by atoms with van der Waals surface area (Å²) in [5, 5.41) is 7.69. The normalized spacial score (nSPS) is 11.2. The number of hydrogen-bond acceptors (Lipinski definition) is 15. The van der Waals surface area contributed by atoms with Crippen LogP contribution in [0.15, 0.2) is 10.3 Å². The molecule has 0 aromatic rings. The third kappa shape index (κ3) is 14.9. The third-order valence-corrected chi connectivity index (χ3v) is 6.67. The summed E-state index contributed by atoms with van der Waals surface area (Å²) in [5.74, 6) is -0.429. The molecule has 0 rings (SSSR count). The maximum absolute atomic E-state index is 12.1. The molecule has 0 bridgehead atoms. The Kier molecular flexibility index (Phi) is 18.0. The van der Waals surface area contributed by atoms with Gasteiger partial charge in [0.15, 0.2) is 0 Å². The number of thioether (sulfide) groups is 2. The van der Waals surface area contributed by atoms with Gasteiger partial charge >= 0.3 is 24.4 Å². The van der Waals surface area contributed by atoms with E-state index in [1.54, 1.807) is 19.4 Å². The van der Waals surface area contributed by atoms with Crippen molar-refractivity contribution in [3.05, 3.63) is 0 Å². The Hall–Kier alpha value is -2.71. The van der Waals surface area contributed by atoms with E-state index in [4.69, 9.17) is 19.1 Å². The molecule has 0 saturated carbocycles. The van der Waals surface area contributed by atoms with E-state index in [2.05, 4.69) is 10.3 Å². The molecule has 0 aliphatic carbocycles. The molecule has 5 amide bonds. The van der Waals surface area contributed by atoms with Crippen molar-refractivity contribution in [2.24, 2.45) is 10.3 Å². The molecule has 20 heteroatoms. The van der Waals surface area contributed by atoms with Crippen molar-refractivity contribution in [3.8, 4) is 0 Å². The molecule has 0 aliphatic heterocycles. The van der Waals surface area contributed by atoms with E-state index in [9.17, 15) is 24.0 Å². The van der Waals surface area contributed by atoms with Gasteiger partial charge in [0.05, 0.1) is 37.5 Å². The lowest BCUT2D eigenvalue weighted by Crippen LogP contribution is -2.31. The molecule has 0 radical (unpaired) electrons. The first-order chi connectivity index (χ1) is 18.2. The van der Waals surface area contributed by atoms with Crippen LogP contribution in [0.3, 0.4) is 0 Å². The average molecular weight is 632 g/mol. The average Bonchev–Trinajstić information content (AvgIpc) is 2.90. The molecule has 0 fully saturated rings. The highest BCUT2D eigenvalue weighted by atomic mass is 32.2. The third-order valence-electron chi connectivity index (χ3n) is 3.79. The van der Waals surface area contributed by atoms with Crippen LogP contribution in [0.2, 0.25) is 0 Å². The van der Waals surface area contributed by atoms with E-state index in [-0.39, 0.29) is 24.7 Å². The maximum Gasteiger partial charge on any atom is 0.447 e. The fraction of sp³-hybridized carbons (Fsp3) is 0.632. The quantitative estimate of drug-likeness (QED) is 0.0863. The highest BCUT2D eigenvalue weighted by Crippen LogP contribution is 2.16. The molecule has 0 aliphatic rings. The Morgan fingerprint density at radius 1 is 0.641 bits per heavy atom. The van der Waals surface area contributed by atoms with Gasteiger partial charge in [0.25, 0.3) is 5.91 Å². The highest BCUT2D eigenvalue weighted by molar-refractivity contribution is 8.15. The minimum absolute atomic E-state index is 0.0222. The molecular weight excluding hydrogens is 599 g/mol. The molecule has 0 unspecified atom stereocenters. The number of amides is 5. The number of nitrogens with zero attached hydrogens (tertiary/aromatic N) is 7. The summed E-state index contributed by atoms with van der Waals surface area (Å²) in [4.78, 5) is 70.8. The van der Waals surface area contributed by atoms with Gasteiger partial charge in [0, 0.05) is 48.7 Å². The Morgan fingerprint density at radius 2 is 1.05 bits per heavy atom. The number of carbonyl (C=O) groups is 5. The minimum atomic E-state index is -0.923. The summed E-state index contributed by atoms with van der Waals surface area (Å²) in [5.41, 5.74) is 0. The van der Waals surface area contributed by atoms with Crippen LogP contribution in [0, 0.1) is 0 Å². The standard InChI is InChI=1S/C19H33N7O9S4/c1-13(36-8)20-34-18(30)25(6)38-23(4)16(28)32-11-10-12-33-17(29)24(5)39-26(7)19(31)35-21-14(37-9)15(27)22(2)3/h10-12H2,1-9H3. The number of ether oxygens (including phenoxy) is 2. The molecule has 0 atom stereocenters.